The number of hydrogen-bond acceptors (Lipinski definition) is 5. The Hall–Kier alpha value is -2.80. The lowest BCUT2D eigenvalue weighted by Gasteiger charge is -2.08. The summed E-state index contributed by atoms with van der Waals surface area (Å²) in [6, 6.07) is 16.7. The zero-order valence-electron chi connectivity index (χ0n) is 14.6. The number of carbonyl (C=O) groups is 1. The molecule has 0 fully saturated rings. The van der Waals surface area contributed by atoms with Crippen LogP contribution >= 0.6 is 23.2 Å². The van der Waals surface area contributed by atoms with E-state index in [4.69, 9.17) is 32.1 Å². The van der Waals surface area contributed by atoms with Crippen LogP contribution in [0.15, 0.2) is 77.4 Å². The highest BCUT2D eigenvalue weighted by Crippen LogP contribution is 2.35. The molecular formula is C21H12Cl2O5S. The Labute approximate surface area is 177 Å². The zero-order chi connectivity index (χ0) is 20.6. The maximum absolute atomic E-state index is 12.5. The van der Waals surface area contributed by atoms with Gasteiger partial charge < -0.3 is 8.92 Å². The molecule has 4 rings (SSSR count). The first-order chi connectivity index (χ1) is 13.8. The van der Waals surface area contributed by atoms with E-state index in [0.29, 0.717) is 15.6 Å². The molecule has 0 unspecified atom stereocenters. The molecule has 0 saturated heterocycles. The van der Waals surface area contributed by atoms with Crippen LogP contribution in [0, 0.1) is 0 Å². The standard InChI is InChI=1S/C21H12Cl2O5S/c22-14-3-1-13(2-4-14)11-20-21(24)18-10-7-16(12-19(18)27-20)28-29(25,26)17-8-5-15(23)6-9-17/h1-12H. The first kappa shape index (κ1) is 19.5. The van der Waals surface area contributed by atoms with Crippen LogP contribution < -0.4 is 8.92 Å². The van der Waals surface area contributed by atoms with Gasteiger partial charge in [0.1, 0.15) is 16.4 Å². The molecule has 1 aliphatic rings. The number of allylic oxidation sites excluding steroid dienone is 1. The molecule has 3 aromatic carbocycles. The van der Waals surface area contributed by atoms with Crippen molar-refractivity contribution in [3.8, 4) is 11.5 Å². The third-order valence-corrected chi connectivity index (χ3v) is 5.88. The van der Waals surface area contributed by atoms with Gasteiger partial charge in [0.05, 0.1) is 5.56 Å². The average Bonchev–Trinajstić information content (AvgIpc) is 2.98. The number of fused-ring (bicyclic) bond motifs is 1. The van der Waals surface area contributed by atoms with Gasteiger partial charge in [0, 0.05) is 16.1 Å². The minimum Gasteiger partial charge on any atom is -0.452 e. The monoisotopic (exact) mass is 446 g/mol. The molecule has 5 nitrogen and oxygen atoms in total. The van der Waals surface area contributed by atoms with Crippen molar-refractivity contribution in [2.75, 3.05) is 0 Å². The van der Waals surface area contributed by atoms with E-state index in [-0.39, 0.29) is 27.9 Å². The molecule has 1 aliphatic heterocycles. The van der Waals surface area contributed by atoms with Gasteiger partial charge in [-0.2, -0.15) is 8.42 Å². The van der Waals surface area contributed by atoms with Crippen LogP contribution in [0.5, 0.6) is 11.5 Å². The van der Waals surface area contributed by atoms with Crippen molar-refractivity contribution in [2.24, 2.45) is 0 Å². The zero-order valence-corrected chi connectivity index (χ0v) is 17.0. The van der Waals surface area contributed by atoms with Crippen molar-refractivity contribution in [2.45, 2.75) is 4.90 Å². The highest BCUT2D eigenvalue weighted by Gasteiger charge is 2.28. The third kappa shape index (κ3) is 4.15. The highest BCUT2D eigenvalue weighted by molar-refractivity contribution is 7.87. The summed E-state index contributed by atoms with van der Waals surface area (Å²) in [7, 11) is -4.05. The number of halogens is 2. The van der Waals surface area contributed by atoms with Gasteiger partial charge in [0.25, 0.3) is 0 Å². The van der Waals surface area contributed by atoms with Gasteiger partial charge in [-0.25, -0.2) is 0 Å². The van der Waals surface area contributed by atoms with E-state index in [0.717, 1.165) is 5.56 Å². The lowest BCUT2D eigenvalue weighted by Crippen LogP contribution is -2.09. The fourth-order valence-electron chi connectivity index (χ4n) is 2.71. The van der Waals surface area contributed by atoms with E-state index in [1.807, 2.05) is 0 Å². The summed E-state index contributed by atoms with van der Waals surface area (Å²) in [6.07, 6.45) is 1.59. The van der Waals surface area contributed by atoms with E-state index < -0.39 is 10.1 Å². The minimum atomic E-state index is -4.05. The van der Waals surface area contributed by atoms with Gasteiger partial charge in [0.2, 0.25) is 5.78 Å². The van der Waals surface area contributed by atoms with Crippen LogP contribution in [0.3, 0.4) is 0 Å². The molecule has 146 valence electrons. The summed E-state index contributed by atoms with van der Waals surface area (Å²) in [5.41, 5.74) is 1.06. The Bertz CT molecular complexity index is 1230. The number of hydrogen-bond donors (Lipinski definition) is 0. The lowest BCUT2D eigenvalue weighted by molar-refractivity contribution is 0.101. The first-order valence-electron chi connectivity index (χ1n) is 8.36. The molecule has 0 radical (unpaired) electrons. The molecule has 29 heavy (non-hydrogen) atoms. The van der Waals surface area contributed by atoms with Gasteiger partial charge in [-0.05, 0) is 60.2 Å². The molecule has 0 spiro atoms. The van der Waals surface area contributed by atoms with Crippen LogP contribution in [0.2, 0.25) is 10.0 Å². The SMILES string of the molecule is O=C1C(=Cc2ccc(Cl)cc2)Oc2cc(OS(=O)(=O)c3ccc(Cl)cc3)ccc21. The van der Waals surface area contributed by atoms with Crippen molar-refractivity contribution in [1.29, 1.82) is 0 Å². The van der Waals surface area contributed by atoms with Crippen molar-refractivity contribution >= 4 is 45.2 Å². The predicted molar refractivity (Wildman–Crippen MR) is 110 cm³/mol. The third-order valence-electron chi connectivity index (χ3n) is 4.12. The number of carbonyl (C=O) groups excluding carboxylic acids is 1. The summed E-state index contributed by atoms with van der Waals surface area (Å²) >= 11 is 11.6. The molecule has 0 amide bonds. The van der Waals surface area contributed by atoms with E-state index in [2.05, 4.69) is 0 Å². The summed E-state index contributed by atoms with van der Waals surface area (Å²) in [5.74, 6) is 0.0698. The molecule has 0 aromatic heterocycles. The molecular weight excluding hydrogens is 435 g/mol. The maximum atomic E-state index is 12.5. The van der Waals surface area contributed by atoms with E-state index in [1.54, 1.807) is 30.3 Å². The van der Waals surface area contributed by atoms with Crippen molar-refractivity contribution in [3.05, 3.63) is 93.7 Å². The van der Waals surface area contributed by atoms with Gasteiger partial charge in [-0.15, -0.1) is 0 Å². The number of rotatable bonds is 4. The summed E-state index contributed by atoms with van der Waals surface area (Å²) in [6.45, 7) is 0. The van der Waals surface area contributed by atoms with E-state index >= 15 is 0 Å². The predicted octanol–water partition coefficient (Wildman–Crippen LogP) is 5.38. The smallest absolute Gasteiger partial charge is 0.339 e. The number of benzene rings is 3. The van der Waals surface area contributed by atoms with Crippen LogP contribution in [0.25, 0.3) is 6.08 Å². The second-order valence-corrected chi connectivity index (χ2v) is 8.56. The number of ether oxygens (including phenoxy) is 1. The molecule has 0 atom stereocenters. The quantitative estimate of drug-likeness (QED) is 0.397. The van der Waals surface area contributed by atoms with Gasteiger partial charge in [0.15, 0.2) is 5.76 Å². The lowest BCUT2D eigenvalue weighted by atomic mass is 10.1. The summed E-state index contributed by atoms with van der Waals surface area (Å²) < 4.78 is 35.6. The molecule has 0 N–H and O–H groups in total. The van der Waals surface area contributed by atoms with Crippen molar-refractivity contribution < 1.29 is 22.1 Å². The Kier molecular flexibility index (Phi) is 5.08. The second-order valence-electron chi connectivity index (χ2n) is 6.14. The molecule has 0 aliphatic carbocycles. The van der Waals surface area contributed by atoms with E-state index in [1.165, 1.54) is 42.5 Å². The first-order valence-corrected chi connectivity index (χ1v) is 10.5. The Morgan fingerprint density at radius 1 is 0.862 bits per heavy atom. The van der Waals surface area contributed by atoms with Crippen LogP contribution in [0.4, 0.5) is 0 Å². The number of Topliss-reactive ketones (excluding diaryl/α,β-unsaturated/α-hetero) is 1. The Morgan fingerprint density at radius 3 is 2.14 bits per heavy atom. The van der Waals surface area contributed by atoms with Crippen molar-refractivity contribution in [1.82, 2.24) is 0 Å². The summed E-state index contributed by atoms with van der Waals surface area (Å²) in [5, 5.41) is 0.992. The average molecular weight is 447 g/mol. The number of ketones is 1. The van der Waals surface area contributed by atoms with Gasteiger partial charge in [-0.1, -0.05) is 35.3 Å². The Morgan fingerprint density at radius 2 is 1.48 bits per heavy atom. The Balaban J connectivity index is 1.59. The van der Waals surface area contributed by atoms with Gasteiger partial charge in [-0.3, -0.25) is 4.79 Å². The largest absolute Gasteiger partial charge is 0.452 e. The maximum Gasteiger partial charge on any atom is 0.339 e. The molecule has 0 saturated carbocycles. The fraction of sp³-hybridized carbons (Fsp3) is 0. The molecule has 0 bridgehead atoms. The molecule has 3 aromatic rings. The normalized spacial score (nSPS) is 14.6. The second kappa shape index (κ2) is 7.55. The van der Waals surface area contributed by atoms with Crippen LogP contribution in [0.1, 0.15) is 15.9 Å². The van der Waals surface area contributed by atoms with Crippen molar-refractivity contribution in [3.63, 3.8) is 0 Å². The van der Waals surface area contributed by atoms with Crippen LogP contribution in [-0.4, -0.2) is 14.2 Å². The fourth-order valence-corrected chi connectivity index (χ4v) is 3.88. The van der Waals surface area contributed by atoms with Crippen LogP contribution in [-0.2, 0) is 10.1 Å². The highest BCUT2D eigenvalue weighted by atomic mass is 35.5. The molecule has 8 heteroatoms. The van der Waals surface area contributed by atoms with E-state index in [9.17, 15) is 13.2 Å². The minimum absolute atomic E-state index is 0.0271. The topological polar surface area (TPSA) is 69.7 Å². The summed E-state index contributed by atoms with van der Waals surface area (Å²) in [4.78, 5) is 12.5. The molecule has 1 heterocycles. The van der Waals surface area contributed by atoms with Gasteiger partial charge >= 0.3 is 10.1 Å².